The lowest BCUT2D eigenvalue weighted by atomic mass is 9.86. The molecule has 26 heavy (non-hydrogen) atoms. The number of piperidine rings is 1. The van der Waals surface area contributed by atoms with Gasteiger partial charge in [-0.3, -0.25) is 9.78 Å². The molecule has 0 N–H and O–H groups in total. The zero-order valence-corrected chi connectivity index (χ0v) is 15.8. The standard InChI is InChI=1S/C20H30N4O2/c1-22-9-11-23(12-10-22)14-17-13-20(26-15-17)6-4-8-24(16-20)19(25)18-5-2-3-7-21-18/h2-3,5,7,17H,4,6,8-16H2,1H3. The molecule has 0 aromatic carbocycles. The summed E-state index contributed by atoms with van der Waals surface area (Å²) in [5, 5.41) is 0. The van der Waals surface area contributed by atoms with Gasteiger partial charge >= 0.3 is 0 Å². The number of pyridine rings is 1. The second-order valence-electron chi connectivity index (χ2n) is 8.21. The zero-order chi connectivity index (χ0) is 18.0. The van der Waals surface area contributed by atoms with Crippen molar-refractivity contribution in [1.82, 2.24) is 19.7 Å². The van der Waals surface area contributed by atoms with Gasteiger partial charge in [0, 0.05) is 45.5 Å². The van der Waals surface area contributed by atoms with Crippen molar-refractivity contribution in [3.63, 3.8) is 0 Å². The van der Waals surface area contributed by atoms with Gasteiger partial charge in [0.15, 0.2) is 0 Å². The van der Waals surface area contributed by atoms with Crippen molar-refractivity contribution < 1.29 is 9.53 Å². The molecular weight excluding hydrogens is 328 g/mol. The van der Waals surface area contributed by atoms with Crippen LogP contribution >= 0.6 is 0 Å². The molecule has 6 nitrogen and oxygen atoms in total. The van der Waals surface area contributed by atoms with Crippen LogP contribution in [0.4, 0.5) is 0 Å². The smallest absolute Gasteiger partial charge is 0.272 e. The van der Waals surface area contributed by atoms with Crippen LogP contribution in [0.5, 0.6) is 0 Å². The van der Waals surface area contributed by atoms with Crippen molar-refractivity contribution in [1.29, 1.82) is 0 Å². The largest absolute Gasteiger partial charge is 0.373 e. The van der Waals surface area contributed by atoms with E-state index in [9.17, 15) is 4.79 Å². The lowest BCUT2D eigenvalue weighted by molar-refractivity contribution is -0.0452. The van der Waals surface area contributed by atoms with Crippen LogP contribution in [-0.4, -0.2) is 90.7 Å². The monoisotopic (exact) mass is 358 g/mol. The number of piperazine rings is 1. The number of likely N-dealkylation sites (N-methyl/N-ethyl adjacent to an activating group) is 1. The summed E-state index contributed by atoms with van der Waals surface area (Å²) in [6.07, 6.45) is 4.84. The average Bonchev–Trinajstić information content (AvgIpc) is 3.05. The molecule has 6 heteroatoms. The maximum absolute atomic E-state index is 12.8. The van der Waals surface area contributed by atoms with Crippen molar-refractivity contribution in [3.8, 4) is 0 Å². The number of likely N-dealkylation sites (tertiary alicyclic amines) is 1. The Bertz CT molecular complexity index is 617. The highest BCUT2D eigenvalue weighted by molar-refractivity contribution is 5.92. The van der Waals surface area contributed by atoms with E-state index in [1.54, 1.807) is 12.3 Å². The molecule has 0 bridgehead atoms. The molecule has 1 aromatic heterocycles. The van der Waals surface area contributed by atoms with Gasteiger partial charge in [-0.2, -0.15) is 0 Å². The Morgan fingerprint density at radius 3 is 2.88 bits per heavy atom. The molecule has 4 rings (SSSR count). The van der Waals surface area contributed by atoms with E-state index in [0.29, 0.717) is 18.2 Å². The first-order valence-electron chi connectivity index (χ1n) is 9.89. The lowest BCUT2D eigenvalue weighted by Gasteiger charge is -2.40. The predicted molar refractivity (Wildman–Crippen MR) is 100 cm³/mol. The van der Waals surface area contributed by atoms with Gasteiger partial charge < -0.3 is 19.4 Å². The van der Waals surface area contributed by atoms with E-state index < -0.39 is 0 Å². The first-order valence-corrected chi connectivity index (χ1v) is 9.89. The number of rotatable bonds is 3. The summed E-state index contributed by atoms with van der Waals surface area (Å²) in [5.41, 5.74) is 0.400. The molecule has 1 aromatic rings. The van der Waals surface area contributed by atoms with E-state index >= 15 is 0 Å². The Kier molecular flexibility index (Phi) is 5.25. The summed E-state index contributed by atoms with van der Waals surface area (Å²) in [6.45, 7) is 8.11. The lowest BCUT2D eigenvalue weighted by Crippen LogP contribution is -2.50. The van der Waals surface area contributed by atoms with Crippen molar-refractivity contribution in [2.75, 3.05) is 59.5 Å². The third-order valence-electron chi connectivity index (χ3n) is 6.11. The number of ether oxygens (including phenoxy) is 1. The van der Waals surface area contributed by atoms with Gasteiger partial charge in [0.05, 0.1) is 18.8 Å². The van der Waals surface area contributed by atoms with E-state index in [1.807, 2.05) is 17.0 Å². The summed E-state index contributed by atoms with van der Waals surface area (Å²) >= 11 is 0. The average molecular weight is 358 g/mol. The summed E-state index contributed by atoms with van der Waals surface area (Å²) < 4.78 is 6.32. The van der Waals surface area contributed by atoms with Crippen molar-refractivity contribution in [2.45, 2.75) is 24.9 Å². The molecule has 3 fully saturated rings. The van der Waals surface area contributed by atoms with Crippen LogP contribution in [0.3, 0.4) is 0 Å². The van der Waals surface area contributed by atoms with E-state index in [2.05, 4.69) is 21.8 Å². The number of carbonyl (C=O) groups is 1. The van der Waals surface area contributed by atoms with Gasteiger partial charge in [-0.15, -0.1) is 0 Å². The Labute approximate surface area is 156 Å². The minimum absolute atomic E-state index is 0.0378. The number of hydrogen-bond donors (Lipinski definition) is 0. The number of aromatic nitrogens is 1. The molecule has 3 saturated heterocycles. The third-order valence-corrected chi connectivity index (χ3v) is 6.11. The Morgan fingerprint density at radius 1 is 1.27 bits per heavy atom. The van der Waals surface area contributed by atoms with Gasteiger partial charge in [-0.1, -0.05) is 6.07 Å². The molecule has 0 radical (unpaired) electrons. The van der Waals surface area contributed by atoms with Gasteiger partial charge in [-0.05, 0) is 44.4 Å². The Morgan fingerprint density at radius 2 is 2.12 bits per heavy atom. The van der Waals surface area contributed by atoms with Crippen LogP contribution in [0.15, 0.2) is 24.4 Å². The highest BCUT2D eigenvalue weighted by atomic mass is 16.5. The molecule has 2 atom stereocenters. The maximum atomic E-state index is 12.8. The maximum Gasteiger partial charge on any atom is 0.272 e. The molecule has 2 unspecified atom stereocenters. The first kappa shape index (κ1) is 17.9. The quantitative estimate of drug-likeness (QED) is 0.816. The van der Waals surface area contributed by atoms with Gasteiger partial charge in [0.25, 0.3) is 5.91 Å². The minimum atomic E-state index is -0.139. The second kappa shape index (κ2) is 7.62. The third kappa shape index (κ3) is 3.92. The molecular formula is C20H30N4O2. The van der Waals surface area contributed by atoms with Crippen molar-refractivity contribution >= 4 is 5.91 Å². The number of carbonyl (C=O) groups excluding carboxylic acids is 1. The van der Waals surface area contributed by atoms with Gasteiger partial charge in [0.1, 0.15) is 5.69 Å². The Hall–Kier alpha value is -1.50. The zero-order valence-electron chi connectivity index (χ0n) is 15.8. The minimum Gasteiger partial charge on any atom is -0.373 e. The molecule has 3 aliphatic rings. The number of nitrogens with zero attached hydrogens (tertiary/aromatic N) is 4. The molecule has 142 valence electrons. The first-order chi connectivity index (χ1) is 12.6. The van der Waals surface area contributed by atoms with Crippen LogP contribution in [0.25, 0.3) is 0 Å². The van der Waals surface area contributed by atoms with Gasteiger partial charge in [0.2, 0.25) is 0 Å². The summed E-state index contributed by atoms with van der Waals surface area (Å²) in [4.78, 5) is 23.9. The van der Waals surface area contributed by atoms with Crippen LogP contribution in [-0.2, 0) is 4.74 Å². The van der Waals surface area contributed by atoms with E-state index in [0.717, 1.165) is 65.1 Å². The fourth-order valence-corrected chi connectivity index (χ4v) is 4.66. The highest BCUT2D eigenvalue weighted by Crippen LogP contribution is 2.38. The van der Waals surface area contributed by atoms with Gasteiger partial charge in [-0.25, -0.2) is 0 Å². The predicted octanol–water partition coefficient (Wildman–Crippen LogP) is 1.34. The van der Waals surface area contributed by atoms with E-state index in [1.165, 1.54) is 0 Å². The summed E-state index contributed by atoms with van der Waals surface area (Å²) in [6, 6.07) is 5.52. The van der Waals surface area contributed by atoms with E-state index in [-0.39, 0.29) is 11.5 Å². The van der Waals surface area contributed by atoms with Crippen molar-refractivity contribution in [2.24, 2.45) is 5.92 Å². The normalized spacial score (nSPS) is 30.8. The van der Waals surface area contributed by atoms with Crippen LogP contribution in [0, 0.1) is 5.92 Å². The SMILES string of the molecule is CN1CCN(CC2COC3(CCCN(C(=O)c4ccccn4)C3)C2)CC1. The molecule has 1 spiro atoms. The Balaban J connectivity index is 1.34. The molecule has 0 aliphatic carbocycles. The van der Waals surface area contributed by atoms with Crippen LogP contribution in [0.1, 0.15) is 29.8 Å². The highest BCUT2D eigenvalue weighted by Gasteiger charge is 2.45. The second-order valence-corrected chi connectivity index (χ2v) is 8.21. The fraction of sp³-hybridized carbons (Fsp3) is 0.700. The topological polar surface area (TPSA) is 48.9 Å². The summed E-state index contributed by atoms with van der Waals surface area (Å²) in [5.74, 6) is 0.624. The molecule has 0 saturated carbocycles. The molecule has 4 heterocycles. The van der Waals surface area contributed by atoms with Crippen molar-refractivity contribution in [3.05, 3.63) is 30.1 Å². The summed E-state index contributed by atoms with van der Waals surface area (Å²) in [7, 11) is 2.19. The molecule has 3 aliphatic heterocycles. The van der Waals surface area contributed by atoms with Crippen LogP contribution in [0.2, 0.25) is 0 Å². The molecule has 1 amide bonds. The number of amides is 1. The fourth-order valence-electron chi connectivity index (χ4n) is 4.66. The number of hydrogen-bond acceptors (Lipinski definition) is 5. The van der Waals surface area contributed by atoms with Crippen LogP contribution < -0.4 is 0 Å². The van der Waals surface area contributed by atoms with E-state index in [4.69, 9.17) is 4.74 Å².